The molecule has 1 aromatic rings. The summed E-state index contributed by atoms with van der Waals surface area (Å²) in [4.78, 5) is 0. The van der Waals surface area contributed by atoms with E-state index in [1.807, 2.05) is 6.08 Å². The van der Waals surface area contributed by atoms with Crippen LogP contribution < -0.4 is 11.5 Å². The number of hydrogen-bond donors (Lipinski definition) is 3. The molecule has 0 saturated heterocycles. The highest BCUT2D eigenvalue weighted by molar-refractivity contribution is 5.73. The van der Waals surface area contributed by atoms with Crippen molar-refractivity contribution in [1.29, 1.82) is 0 Å². The summed E-state index contributed by atoms with van der Waals surface area (Å²) in [7, 11) is 0. The van der Waals surface area contributed by atoms with E-state index in [0.717, 1.165) is 11.3 Å². The van der Waals surface area contributed by atoms with Gasteiger partial charge in [-0.2, -0.15) is 5.10 Å². The van der Waals surface area contributed by atoms with Gasteiger partial charge in [0.2, 0.25) is 0 Å². The fraction of sp³-hybridized carbons (Fsp3) is 0. The largest absolute Gasteiger partial charge is 0.405 e. The molecule has 0 aliphatic rings. The number of nitrogens with two attached hydrogens (primary N) is 2. The van der Waals surface area contributed by atoms with E-state index in [9.17, 15) is 0 Å². The summed E-state index contributed by atoms with van der Waals surface area (Å²) in [6.07, 6.45) is 6.68. The Hall–Kier alpha value is -1.97. The quantitative estimate of drug-likeness (QED) is 0.602. The van der Waals surface area contributed by atoms with Gasteiger partial charge in [-0.05, 0) is 12.3 Å². The Balaban J connectivity index is 3.01. The molecule has 0 atom stereocenters. The molecule has 1 heterocycles. The molecule has 0 aromatic carbocycles. The van der Waals surface area contributed by atoms with E-state index in [2.05, 4.69) is 16.8 Å². The number of nitrogen functional groups attached to an aromatic ring is 1. The standard InChI is InChI=1S/C9H12N4/c1-2-3-7(4-5-10)8-6-9(11)13-12-8/h2-6H,1,10H2,(H3,11,12,13)/b5-4-,7-3+. The summed E-state index contributed by atoms with van der Waals surface area (Å²) in [5.74, 6) is 0.454. The van der Waals surface area contributed by atoms with Gasteiger partial charge in [0.15, 0.2) is 0 Å². The highest BCUT2D eigenvalue weighted by atomic mass is 15.2. The van der Waals surface area contributed by atoms with Gasteiger partial charge in [0.05, 0.1) is 5.69 Å². The lowest BCUT2D eigenvalue weighted by atomic mass is 10.1. The molecular formula is C9H12N4. The predicted molar refractivity (Wildman–Crippen MR) is 54.5 cm³/mol. The third kappa shape index (κ3) is 2.23. The molecule has 0 aliphatic carbocycles. The summed E-state index contributed by atoms with van der Waals surface area (Å²) in [6, 6.07) is 1.73. The van der Waals surface area contributed by atoms with Crippen LogP contribution in [0.3, 0.4) is 0 Å². The monoisotopic (exact) mass is 176 g/mol. The topological polar surface area (TPSA) is 80.7 Å². The van der Waals surface area contributed by atoms with Gasteiger partial charge in [-0.25, -0.2) is 0 Å². The molecule has 4 nitrogen and oxygen atoms in total. The summed E-state index contributed by atoms with van der Waals surface area (Å²) in [5.41, 5.74) is 12.4. The first-order chi connectivity index (χ1) is 6.27. The van der Waals surface area contributed by atoms with Crippen LogP contribution in [0.2, 0.25) is 0 Å². The first kappa shape index (κ1) is 9.12. The van der Waals surface area contributed by atoms with Crippen LogP contribution in [0.15, 0.2) is 37.1 Å². The third-order valence-corrected chi connectivity index (χ3v) is 1.48. The number of aromatic amines is 1. The number of H-pyrrole nitrogens is 1. The molecule has 4 heteroatoms. The summed E-state index contributed by atoms with van der Waals surface area (Å²) < 4.78 is 0. The van der Waals surface area contributed by atoms with Crippen molar-refractivity contribution in [3.8, 4) is 0 Å². The molecule has 1 rings (SSSR count). The van der Waals surface area contributed by atoms with Gasteiger partial charge in [-0.1, -0.05) is 18.7 Å². The lowest BCUT2D eigenvalue weighted by Gasteiger charge is -1.94. The molecule has 0 radical (unpaired) electrons. The Morgan fingerprint density at radius 2 is 2.38 bits per heavy atom. The van der Waals surface area contributed by atoms with Gasteiger partial charge >= 0.3 is 0 Å². The van der Waals surface area contributed by atoms with Crippen molar-refractivity contribution in [3.05, 3.63) is 42.8 Å². The molecule has 68 valence electrons. The van der Waals surface area contributed by atoms with E-state index in [1.54, 1.807) is 18.2 Å². The van der Waals surface area contributed by atoms with Crippen molar-refractivity contribution in [3.63, 3.8) is 0 Å². The number of anilines is 1. The van der Waals surface area contributed by atoms with Gasteiger partial charge in [-0.15, -0.1) is 0 Å². The zero-order chi connectivity index (χ0) is 9.68. The van der Waals surface area contributed by atoms with Crippen LogP contribution in [0, 0.1) is 0 Å². The van der Waals surface area contributed by atoms with Crippen LogP contribution in [0.1, 0.15) is 5.69 Å². The molecule has 0 amide bonds. The van der Waals surface area contributed by atoms with Gasteiger partial charge in [-0.3, -0.25) is 5.10 Å². The maximum atomic E-state index is 5.46. The van der Waals surface area contributed by atoms with Crippen molar-refractivity contribution < 1.29 is 0 Å². The van der Waals surface area contributed by atoms with Gasteiger partial charge in [0, 0.05) is 11.6 Å². The molecule has 0 bridgehead atoms. The second-order valence-corrected chi connectivity index (χ2v) is 2.42. The van der Waals surface area contributed by atoms with Gasteiger partial charge < -0.3 is 11.5 Å². The molecule has 0 unspecified atom stereocenters. The third-order valence-electron chi connectivity index (χ3n) is 1.48. The number of hydrogen-bond acceptors (Lipinski definition) is 3. The first-order valence-corrected chi connectivity index (χ1v) is 3.80. The SMILES string of the molecule is C=C/C=C(\C=C/N)c1cc(N)n[nH]1. The molecule has 0 aliphatic heterocycles. The minimum Gasteiger partial charge on any atom is -0.405 e. The fourth-order valence-corrected chi connectivity index (χ4v) is 0.951. The average Bonchev–Trinajstić information content (AvgIpc) is 2.51. The summed E-state index contributed by atoms with van der Waals surface area (Å²) in [5, 5.41) is 6.58. The second kappa shape index (κ2) is 4.15. The highest BCUT2D eigenvalue weighted by Crippen LogP contribution is 2.14. The molecule has 13 heavy (non-hydrogen) atoms. The molecule has 0 spiro atoms. The lowest BCUT2D eigenvalue weighted by Crippen LogP contribution is -1.83. The van der Waals surface area contributed by atoms with E-state index in [4.69, 9.17) is 11.5 Å². The van der Waals surface area contributed by atoms with Crippen LogP contribution in [0.4, 0.5) is 5.82 Å². The van der Waals surface area contributed by atoms with Crippen molar-refractivity contribution in [2.45, 2.75) is 0 Å². The Kier molecular flexibility index (Phi) is 2.92. The van der Waals surface area contributed by atoms with Crippen LogP contribution >= 0.6 is 0 Å². The van der Waals surface area contributed by atoms with Crippen LogP contribution in [0.25, 0.3) is 5.57 Å². The molecular weight excluding hydrogens is 164 g/mol. The minimum absolute atomic E-state index is 0.454. The van der Waals surface area contributed by atoms with E-state index in [0.29, 0.717) is 5.82 Å². The molecule has 0 saturated carbocycles. The molecule has 0 fully saturated rings. The summed E-state index contributed by atoms with van der Waals surface area (Å²) >= 11 is 0. The Morgan fingerprint density at radius 3 is 2.85 bits per heavy atom. The average molecular weight is 176 g/mol. The number of nitrogens with zero attached hydrogens (tertiary/aromatic N) is 1. The van der Waals surface area contributed by atoms with Gasteiger partial charge in [0.25, 0.3) is 0 Å². The molecule has 1 aromatic heterocycles. The zero-order valence-electron chi connectivity index (χ0n) is 7.20. The van der Waals surface area contributed by atoms with Crippen molar-refractivity contribution in [2.24, 2.45) is 5.73 Å². The van der Waals surface area contributed by atoms with Crippen LogP contribution in [-0.2, 0) is 0 Å². The fourth-order valence-electron chi connectivity index (χ4n) is 0.951. The number of aromatic nitrogens is 2. The highest BCUT2D eigenvalue weighted by Gasteiger charge is 1.99. The van der Waals surface area contributed by atoms with E-state index >= 15 is 0 Å². The van der Waals surface area contributed by atoms with Crippen molar-refractivity contribution in [2.75, 3.05) is 5.73 Å². The van der Waals surface area contributed by atoms with Crippen molar-refractivity contribution >= 4 is 11.4 Å². The number of nitrogens with one attached hydrogen (secondary N) is 1. The lowest BCUT2D eigenvalue weighted by molar-refractivity contribution is 1.08. The second-order valence-electron chi connectivity index (χ2n) is 2.42. The number of rotatable bonds is 3. The number of allylic oxidation sites excluding steroid dienone is 4. The predicted octanol–water partition coefficient (Wildman–Crippen LogP) is 1.03. The molecule has 5 N–H and O–H groups in total. The van der Waals surface area contributed by atoms with Gasteiger partial charge in [0.1, 0.15) is 5.82 Å². The first-order valence-electron chi connectivity index (χ1n) is 3.80. The maximum absolute atomic E-state index is 5.46. The Morgan fingerprint density at radius 1 is 1.62 bits per heavy atom. The Labute approximate surface area is 76.6 Å². The minimum atomic E-state index is 0.454. The Bertz CT molecular complexity index is 346. The van der Waals surface area contributed by atoms with E-state index in [-0.39, 0.29) is 0 Å². The van der Waals surface area contributed by atoms with Crippen LogP contribution in [-0.4, -0.2) is 10.2 Å². The van der Waals surface area contributed by atoms with E-state index < -0.39 is 0 Å². The smallest absolute Gasteiger partial charge is 0.145 e. The van der Waals surface area contributed by atoms with E-state index in [1.165, 1.54) is 6.20 Å². The maximum Gasteiger partial charge on any atom is 0.145 e. The normalized spacial score (nSPS) is 12.2. The van der Waals surface area contributed by atoms with Crippen molar-refractivity contribution in [1.82, 2.24) is 10.2 Å². The van der Waals surface area contributed by atoms with Crippen LogP contribution in [0.5, 0.6) is 0 Å². The summed E-state index contributed by atoms with van der Waals surface area (Å²) in [6.45, 7) is 3.60. The zero-order valence-corrected chi connectivity index (χ0v) is 7.20.